The molecule has 5 N–H and O–H groups in total. The Morgan fingerprint density at radius 1 is 1.05 bits per heavy atom. The van der Waals surface area contributed by atoms with Crippen molar-refractivity contribution in [3.8, 4) is 0 Å². The Labute approximate surface area is 222 Å². The monoisotopic (exact) mass is 613 g/mol. The van der Waals surface area contributed by atoms with Crippen molar-refractivity contribution in [3.63, 3.8) is 0 Å². The fourth-order valence-electron chi connectivity index (χ4n) is 3.00. The first-order valence-corrected chi connectivity index (χ1v) is 16.2. The third-order valence-corrected chi connectivity index (χ3v) is 7.73. The second-order valence-corrected chi connectivity index (χ2v) is 13.2. The highest BCUT2D eigenvalue weighted by atomic mass is 32.2. The van der Waals surface area contributed by atoms with E-state index in [9.17, 15) is 39.2 Å². The molecule has 0 atom stereocenters. The van der Waals surface area contributed by atoms with E-state index in [1.165, 1.54) is 0 Å². The van der Waals surface area contributed by atoms with Crippen LogP contribution in [0.15, 0.2) is 33.1 Å². The van der Waals surface area contributed by atoms with Crippen molar-refractivity contribution in [1.29, 1.82) is 0 Å². The molecule has 0 bridgehead atoms. The van der Waals surface area contributed by atoms with Gasteiger partial charge in [0.15, 0.2) is 5.16 Å². The number of thioether (sulfide) groups is 1. The van der Waals surface area contributed by atoms with Crippen molar-refractivity contribution in [2.45, 2.75) is 14.9 Å². The fourth-order valence-corrected chi connectivity index (χ4v) is 5.22. The summed E-state index contributed by atoms with van der Waals surface area (Å²) in [7, 11) is -13.3. The molecule has 2 aromatic rings. The third-order valence-electron chi connectivity index (χ3n) is 4.57. The van der Waals surface area contributed by atoms with Crippen LogP contribution in [0.2, 0.25) is 0 Å². The van der Waals surface area contributed by atoms with Crippen LogP contribution in [-0.2, 0) is 35.0 Å². The third kappa shape index (κ3) is 8.89. The van der Waals surface area contributed by atoms with E-state index in [4.69, 9.17) is 4.74 Å². The maximum Gasteiger partial charge on any atom is 0.328 e. The minimum Gasteiger partial charge on any atom is -0.378 e. The van der Waals surface area contributed by atoms with E-state index < -0.39 is 51.8 Å². The summed E-state index contributed by atoms with van der Waals surface area (Å²) in [4.78, 5) is 24.8. The van der Waals surface area contributed by atoms with Crippen LogP contribution in [0.4, 0.5) is 22.4 Å². The minimum absolute atomic E-state index is 0.0245. The Hall–Kier alpha value is -2.82. The molecule has 0 radical (unpaired) electrons. The molecule has 1 aromatic carbocycles. The number of aromatic nitrogens is 3. The van der Waals surface area contributed by atoms with Crippen molar-refractivity contribution in [2.24, 2.45) is 0 Å². The number of hydrogen-bond donors (Lipinski definition) is 5. The number of urea groups is 1. The van der Waals surface area contributed by atoms with Gasteiger partial charge in [0.1, 0.15) is 4.90 Å². The second kappa shape index (κ2) is 11.9. The lowest BCUT2D eigenvalue weighted by Crippen LogP contribution is -2.39. The van der Waals surface area contributed by atoms with E-state index in [0.29, 0.717) is 26.3 Å². The van der Waals surface area contributed by atoms with E-state index in [0.717, 1.165) is 36.2 Å². The van der Waals surface area contributed by atoms with Gasteiger partial charge in [-0.15, -0.1) is 0 Å². The highest BCUT2D eigenvalue weighted by Gasteiger charge is 2.22. The number of carbonyl (C=O) groups excluding carboxylic acids is 1. The Bertz CT molecular complexity index is 1510. The molecule has 0 saturated carbocycles. The molecule has 1 saturated heterocycles. The average molecular weight is 614 g/mol. The quantitative estimate of drug-likeness (QED) is 0.126. The number of nitrogens with one attached hydrogen (secondary N) is 3. The van der Waals surface area contributed by atoms with Crippen molar-refractivity contribution >= 4 is 65.6 Å². The van der Waals surface area contributed by atoms with Crippen molar-refractivity contribution < 1.29 is 43.9 Å². The van der Waals surface area contributed by atoms with E-state index in [-0.39, 0.29) is 29.4 Å². The molecule has 0 aliphatic carbocycles. The maximum atomic E-state index is 11.8. The molecule has 3 rings (SSSR count). The van der Waals surface area contributed by atoms with E-state index in [1.807, 2.05) is 0 Å². The molecule has 38 heavy (non-hydrogen) atoms. The number of nitrogens with zero attached hydrogens (tertiary/aromatic N) is 4. The highest BCUT2D eigenvalue weighted by Crippen LogP contribution is 2.28. The van der Waals surface area contributed by atoms with Crippen molar-refractivity contribution in [1.82, 2.24) is 25.0 Å². The standard InChI is InChI=1S/C17H23N7O10S4/c1-36(26,27)23-16(25)18-4-9-35-17-21-14(20-15(22-17)24-5-7-34-8-6-24)19-12-10-11(37(28,29)30)2-3-13(12)38(31,32)33/h2-3,10H,4-9H2,1H3,(H2,18,23,25)(H,28,29,30)(H,31,32,33)(H,19,20,21,22). The molecular weight excluding hydrogens is 590 g/mol. The van der Waals surface area contributed by atoms with E-state index >= 15 is 0 Å². The smallest absolute Gasteiger partial charge is 0.328 e. The molecule has 210 valence electrons. The average Bonchev–Trinajstić information content (AvgIpc) is 2.80. The Morgan fingerprint density at radius 3 is 2.34 bits per heavy atom. The van der Waals surface area contributed by atoms with Gasteiger partial charge in [0.05, 0.1) is 30.1 Å². The normalized spacial score (nSPS) is 14.7. The lowest BCUT2D eigenvalue weighted by atomic mass is 10.3. The number of morpholine rings is 1. The maximum absolute atomic E-state index is 11.8. The van der Waals surface area contributed by atoms with Crippen LogP contribution in [0.25, 0.3) is 0 Å². The largest absolute Gasteiger partial charge is 0.378 e. The van der Waals surface area contributed by atoms with E-state index in [1.54, 1.807) is 9.62 Å². The summed E-state index contributed by atoms with van der Waals surface area (Å²) in [6, 6.07) is 1.45. The van der Waals surface area contributed by atoms with Crippen molar-refractivity contribution in [2.75, 3.05) is 55.1 Å². The van der Waals surface area contributed by atoms with Crippen LogP contribution >= 0.6 is 11.8 Å². The summed E-state index contributed by atoms with van der Waals surface area (Å²) in [5.41, 5.74) is -0.434. The van der Waals surface area contributed by atoms with Gasteiger partial charge in [-0.1, -0.05) is 11.8 Å². The molecule has 1 fully saturated rings. The second-order valence-electron chi connectivity index (χ2n) is 7.55. The summed E-state index contributed by atoms with van der Waals surface area (Å²) in [6.45, 7) is 1.65. The van der Waals surface area contributed by atoms with Crippen molar-refractivity contribution in [3.05, 3.63) is 18.2 Å². The van der Waals surface area contributed by atoms with E-state index in [2.05, 4.69) is 25.6 Å². The van der Waals surface area contributed by atoms with Crippen LogP contribution < -0.4 is 20.3 Å². The van der Waals surface area contributed by atoms with Crippen LogP contribution in [0.1, 0.15) is 0 Å². The number of sulfonamides is 1. The number of ether oxygens (including phenoxy) is 1. The summed E-state index contributed by atoms with van der Waals surface area (Å²) >= 11 is 1.04. The Balaban J connectivity index is 1.89. The van der Waals surface area contributed by atoms with Gasteiger partial charge in [0.25, 0.3) is 20.2 Å². The van der Waals surface area contributed by atoms with Gasteiger partial charge in [-0.2, -0.15) is 31.8 Å². The zero-order chi connectivity index (χ0) is 28.1. The lowest BCUT2D eigenvalue weighted by molar-refractivity contribution is 0.122. The number of anilines is 3. The number of rotatable bonds is 10. The first-order chi connectivity index (χ1) is 17.6. The molecule has 0 unspecified atom stereocenters. The fraction of sp³-hybridized carbons (Fsp3) is 0.412. The van der Waals surface area contributed by atoms with Crippen LogP contribution in [-0.4, -0.2) is 100 Å². The molecule has 1 aromatic heterocycles. The Morgan fingerprint density at radius 2 is 1.74 bits per heavy atom. The molecule has 0 spiro atoms. The van der Waals surface area contributed by atoms with Gasteiger partial charge >= 0.3 is 6.03 Å². The number of benzene rings is 1. The summed E-state index contributed by atoms with van der Waals surface area (Å²) in [6.07, 6.45) is 0.826. The molecule has 21 heteroatoms. The topological polar surface area (TPSA) is 247 Å². The van der Waals surface area contributed by atoms with Gasteiger partial charge in [-0.3, -0.25) is 9.11 Å². The number of carbonyl (C=O) groups is 1. The molecule has 17 nitrogen and oxygen atoms in total. The predicted molar refractivity (Wildman–Crippen MR) is 134 cm³/mol. The summed E-state index contributed by atoms with van der Waals surface area (Å²) in [5, 5.41) is 5.02. The van der Waals surface area contributed by atoms with Gasteiger partial charge in [0, 0.05) is 25.4 Å². The van der Waals surface area contributed by atoms with Crippen LogP contribution in [0.5, 0.6) is 0 Å². The predicted octanol–water partition coefficient (Wildman–Crippen LogP) is -0.704. The first-order valence-electron chi connectivity index (χ1n) is 10.4. The number of amides is 2. The highest BCUT2D eigenvalue weighted by molar-refractivity contribution is 7.99. The molecule has 2 amide bonds. The van der Waals surface area contributed by atoms with Gasteiger partial charge < -0.3 is 20.3 Å². The minimum atomic E-state index is -4.83. The lowest BCUT2D eigenvalue weighted by Gasteiger charge is -2.27. The molecular formula is C17H23N7O10S4. The Kier molecular flexibility index (Phi) is 9.33. The first kappa shape index (κ1) is 29.7. The zero-order valence-electron chi connectivity index (χ0n) is 19.6. The van der Waals surface area contributed by atoms with Gasteiger partial charge in [-0.05, 0) is 18.2 Å². The van der Waals surface area contributed by atoms with Crippen LogP contribution in [0, 0.1) is 0 Å². The van der Waals surface area contributed by atoms with Gasteiger partial charge in [-0.25, -0.2) is 17.9 Å². The molecule has 1 aliphatic rings. The molecule has 1 aliphatic heterocycles. The summed E-state index contributed by atoms with van der Waals surface area (Å²) in [5.74, 6) is 0.150. The zero-order valence-corrected chi connectivity index (χ0v) is 22.8. The summed E-state index contributed by atoms with van der Waals surface area (Å²) < 4.78 is 95.1. The number of hydrogen-bond acceptors (Lipinski definition) is 14. The van der Waals surface area contributed by atoms with Gasteiger partial charge in [0.2, 0.25) is 21.9 Å². The van der Waals surface area contributed by atoms with Crippen LogP contribution in [0.3, 0.4) is 0 Å². The SMILES string of the molecule is CS(=O)(=O)NC(=O)NCCSc1nc(Nc2cc(S(=O)(=O)O)ccc2S(=O)(=O)O)nc(N2CCOCC2)n1. The molecule has 2 heterocycles.